The van der Waals surface area contributed by atoms with E-state index in [0.717, 1.165) is 18.7 Å². The number of aromatic amines is 1. The lowest BCUT2D eigenvalue weighted by atomic mass is 9.81. The van der Waals surface area contributed by atoms with Crippen molar-refractivity contribution in [2.24, 2.45) is 0 Å². The van der Waals surface area contributed by atoms with Crippen molar-refractivity contribution >= 4 is 17.7 Å². The Labute approximate surface area is 127 Å². The molecule has 3 N–H and O–H groups in total. The van der Waals surface area contributed by atoms with Crippen LogP contribution in [0.1, 0.15) is 71.5 Å². The second-order valence-corrected chi connectivity index (χ2v) is 6.96. The lowest BCUT2D eigenvalue weighted by molar-refractivity contribution is 0.378. The van der Waals surface area contributed by atoms with E-state index in [2.05, 4.69) is 47.7 Å². The van der Waals surface area contributed by atoms with Crippen LogP contribution in [0.25, 0.3) is 0 Å². The number of nitrogens with one attached hydrogen (secondary N) is 1. The molecule has 0 aliphatic carbocycles. The van der Waals surface area contributed by atoms with Gasteiger partial charge in [-0.3, -0.25) is 5.10 Å². The van der Waals surface area contributed by atoms with Gasteiger partial charge in [-0.25, -0.2) is 0 Å². The molecule has 0 aromatic carbocycles. The zero-order valence-corrected chi connectivity index (χ0v) is 14.1. The van der Waals surface area contributed by atoms with Gasteiger partial charge in [0, 0.05) is 5.41 Å². The second-order valence-electron chi connectivity index (χ2n) is 5.73. The minimum atomic E-state index is 0.0833. The van der Waals surface area contributed by atoms with E-state index >= 15 is 0 Å². The highest BCUT2D eigenvalue weighted by Gasteiger charge is 2.27. The van der Waals surface area contributed by atoms with Crippen LogP contribution in [-0.4, -0.2) is 26.7 Å². The van der Waals surface area contributed by atoms with E-state index in [0.29, 0.717) is 5.95 Å². The van der Waals surface area contributed by atoms with Gasteiger partial charge in [0.05, 0.1) is 0 Å². The first-order valence-corrected chi connectivity index (χ1v) is 9.04. The predicted molar refractivity (Wildman–Crippen MR) is 89.1 cm³/mol. The van der Waals surface area contributed by atoms with Crippen LogP contribution in [0.2, 0.25) is 0 Å². The molecule has 0 saturated carbocycles. The zero-order chi connectivity index (χ0) is 14.8. The number of rotatable bonds is 11. The molecule has 0 bridgehead atoms. The van der Waals surface area contributed by atoms with Gasteiger partial charge in [-0.2, -0.15) is 16.7 Å². The molecule has 20 heavy (non-hydrogen) atoms. The largest absolute Gasteiger partial charge is 0.367 e. The highest BCUT2D eigenvalue weighted by Crippen LogP contribution is 2.31. The van der Waals surface area contributed by atoms with Crippen molar-refractivity contribution in [1.82, 2.24) is 15.2 Å². The summed E-state index contributed by atoms with van der Waals surface area (Å²) in [4.78, 5) is 4.31. The van der Waals surface area contributed by atoms with Crippen LogP contribution in [0.15, 0.2) is 0 Å². The van der Waals surface area contributed by atoms with Crippen LogP contribution in [0, 0.1) is 0 Å². The Morgan fingerprint density at radius 2 is 1.90 bits per heavy atom. The van der Waals surface area contributed by atoms with Gasteiger partial charge in [-0.05, 0) is 37.2 Å². The summed E-state index contributed by atoms with van der Waals surface area (Å²) >= 11 is 2.10. The van der Waals surface area contributed by atoms with Crippen molar-refractivity contribution in [2.75, 3.05) is 17.2 Å². The highest BCUT2D eigenvalue weighted by molar-refractivity contribution is 7.99. The van der Waals surface area contributed by atoms with Crippen LogP contribution in [-0.2, 0) is 5.41 Å². The van der Waals surface area contributed by atoms with E-state index in [1.165, 1.54) is 43.6 Å². The third-order valence-corrected chi connectivity index (χ3v) is 5.17. The van der Waals surface area contributed by atoms with Gasteiger partial charge in [0.1, 0.15) is 5.82 Å². The first kappa shape index (κ1) is 17.3. The van der Waals surface area contributed by atoms with E-state index in [1.54, 1.807) is 0 Å². The number of nitrogens with zero attached hydrogens (tertiary/aromatic N) is 2. The summed E-state index contributed by atoms with van der Waals surface area (Å²) in [7, 11) is 0. The maximum Gasteiger partial charge on any atom is 0.239 e. The van der Waals surface area contributed by atoms with E-state index in [1.807, 2.05) is 0 Å². The number of hydrogen-bond donors (Lipinski definition) is 2. The second kappa shape index (κ2) is 9.27. The molecule has 1 aromatic heterocycles. The number of hydrogen-bond acceptors (Lipinski definition) is 4. The predicted octanol–water partition coefficient (Wildman–Crippen LogP) is 4.15. The van der Waals surface area contributed by atoms with Crippen molar-refractivity contribution in [3.8, 4) is 0 Å². The molecule has 1 aromatic rings. The Morgan fingerprint density at radius 1 is 1.15 bits per heavy atom. The molecule has 0 fully saturated rings. The quantitative estimate of drug-likeness (QED) is 0.602. The third-order valence-electron chi connectivity index (χ3n) is 4.01. The average molecular weight is 298 g/mol. The summed E-state index contributed by atoms with van der Waals surface area (Å²) in [5.41, 5.74) is 5.69. The fourth-order valence-electron chi connectivity index (χ4n) is 2.25. The molecule has 0 saturated heterocycles. The van der Waals surface area contributed by atoms with Gasteiger partial charge in [0.15, 0.2) is 0 Å². The summed E-state index contributed by atoms with van der Waals surface area (Å²) in [6, 6.07) is 0. The van der Waals surface area contributed by atoms with Gasteiger partial charge >= 0.3 is 0 Å². The number of anilines is 1. The molecule has 0 spiro atoms. The molecule has 0 aliphatic heterocycles. The molecule has 1 unspecified atom stereocenters. The molecule has 0 amide bonds. The monoisotopic (exact) mass is 298 g/mol. The average Bonchev–Trinajstić information content (AvgIpc) is 2.89. The van der Waals surface area contributed by atoms with Crippen molar-refractivity contribution in [2.45, 2.75) is 71.1 Å². The molecule has 0 radical (unpaired) electrons. The molecule has 4 nitrogen and oxygen atoms in total. The minimum Gasteiger partial charge on any atom is -0.367 e. The maximum absolute atomic E-state index is 5.61. The Kier molecular flexibility index (Phi) is 8.04. The smallest absolute Gasteiger partial charge is 0.239 e. The summed E-state index contributed by atoms with van der Waals surface area (Å²) in [5.74, 6) is 3.92. The highest BCUT2D eigenvalue weighted by atomic mass is 32.2. The van der Waals surface area contributed by atoms with Crippen molar-refractivity contribution in [3.05, 3.63) is 5.82 Å². The maximum atomic E-state index is 5.61. The summed E-state index contributed by atoms with van der Waals surface area (Å²) in [5, 5.41) is 6.94. The van der Waals surface area contributed by atoms with Crippen molar-refractivity contribution in [1.29, 1.82) is 0 Å². The Morgan fingerprint density at radius 3 is 2.50 bits per heavy atom. The molecule has 116 valence electrons. The number of aromatic nitrogens is 3. The van der Waals surface area contributed by atoms with Crippen LogP contribution in [0.4, 0.5) is 5.95 Å². The first-order valence-electron chi connectivity index (χ1n) is 7.88. The van der Waals surface area contributed by atoms with Gasteiger partial charge in [-0.1, -0.05) is 40.0 Å². The fourth-order valence-corrected chi connectivity index (χ4v) is 3.36. The number of unbranched alkanes of at least 4 members (excludes halogenated alkanes) is 3. The van der Waals surface area contributed by atoms with Gasteiger partial charge in [-0.15, -0.1) is 5.10 Å². The molecule has 1 rings (SSSR count). The van der Waals surface area contributed by atoms with Crippen LogP contribution in [0.5, 0.6) is 0 Å². The Bertz CT molecular complexity index is 367. The van der Waals surface area contributed by atoms with Crippen molar-refractivity contribution in [3.63, 3.8) is 0 Å². The van der Waals surface area contributed by atoms with Crippen molar-refractivity contribution < 1.29 is 0 Å². The number of nitrogens with two attached hydrogens (primary N) is 1. The first-order chi connectivity index (χ1) is 9.62. The van der Waals surface area contributed by atoms with Crippen LogP contribution < -0.4 is 5.73 Å². The van der Waals surface area contributed by atoms with Gasteiger partial charge in [0.2, 0.25) is 5.95 Å². The lowest BCUT2D eigenvalue weighted by Gasteiger charge is -2.25. The van der Waals surface area contributed by atoms with Crippen LogP contribution in [0.3, 0.4) is 0 Å². The Balaban J connectivity index is 2.21. The van der Waals surface area contributed by atoms with Crippen LogP contribution >= 0.6 is 11.8 Å². The summed E-state index contributed by atoms with van der Waals surface area (Å²) in [6.45, 7) is 6.71. The number of thioether (sulfide) groups is 1. The summed E-state index contributed by atoms with van der Waals surface area (Å²) in [6.07, 6.45) is 8.75. The zero-order valence-electron chi connectivity index (χ0n) is 13.2. The van der Waals surface area contributed by atoms with E-state index in [9.17, 15) is 0 Å². The van der Waals surface area contributed by atoms with E-state index in [4.69, 9.17) is 5.73 Å². The van der Waals surface area contributed by atoms with Gasteiger partial charge in [0.25, 0.3) is 0 Å². The fraction of sp³-hybridized carbons (Fsp3) is 0.867. The number of nitrogen functional groups attached to an aromatic ring is 1. The molecular weight excluding hydrogens is 268 g/mol. The number of H-pyrrole nitrogens is 1. The molecule has 1 heterocycles. The normalized spacial score (nSPS) is 14.3. The topological polar surface area (TPSA) is 67.6 Å². The molecule has 1 atom stereocenters. The molecule has 5 heteroatoms. The molecular formula is C15H30N4S. The third kappa shape index (κ3) is 5.73. The SMILES string of the molecule is CCCCSCCCCCC(C)(CC)c1nc(N)n[nH]1. The van der Waals surface area contributed by atoms with E-state index in [-0.39, 0.29) is 5.41 Å². The van der Waals surface area contributed by atoms with Gasteiger partial charge < -0.3 is 5.73 Å². The Hall–Kier alpha value is -0.710. The minimum absolute atomic E-state index is 0.0833. The summed E-state index contributed by atoms with van der Waals surface area (Å²) < 4.78 is 0. The van der Waals surface area contributed by atoms with E-state index < -0.39 is 0 Å². The standard InChI is InChI=1S/C15H30N4S/c1-4-6-11-20-12-9-7-8-10-15(3,5-2)13-17-14(16)19-18-13/h4-12H2,1-3H3,(H3,16,17,18,19). The lowest BCUT2D eigenvalue weighted by Crippen LogP contribution is -2.22. The molecule has 0 aliphatic rings.